The quantitative estimate of drug-likeness (QED) is 0.405. The Morgan fingerprint density at radius 2 is 1.93 bits per heavy atom. The van der Waals surface area contributed by atoms with Crippen molar-refractivity contribution in [3.05, 3.63) is 65.3 Å². The number of pyridine rings is 1. The third kappa shape index (κ3) is 6.23. The van der Waals surface area contributed by atoms with Crippen LogP contribution in [0, 0.1) is 19.8 Å². The number of likely N-dealkylation sites (N-methyl/N-ethyl adjacent to an activating group) is 1. The summed E-state index contributed by atoms with van der Waals surface area (Å²) < 4.78 is 11.5. The maximum atomic E-state index is 13.6. The molecule has 1 aromatic carbocycles. The molecule has 0 bridgehead atoms. The monoisotopic (exact) mass is 550 g/mol. The van der Waals surface area contributed by atoms with Crippen molar-refractivity contribution in [2.24, 2.45) is 5.92 Å². The third-order valence-electron chi connectivity index (χ3n) is 6.93. The van der Waals surface area contributed by atoms with Crippen LogP contribution in [0.5, 0.6) is 5.75 Å². The zero-order valence-electron chi connectivity index (χ0n) is 23.2. The van der Waals surface area contributed by atoms with Crippen LogP contribution < -0.4 is 15.4 Å². The van der Waals surface area contributed by atoms with Gasteiger partial charge in [0, 0.05) is 43.2 Å². The highest BCUT2D eigenvalue weighted by molar-refractivity contribution is 6.05. The number of carbonyl (C=O) groups excluding carboxylic acids is 3. The van der Waals surface area contributed by atoms with Crippen LogP contribution in [-0.4, -0.2) is 81.8 Å². The minimum Gasteiger partial charge on any atom is -0.487 e. The van der Waals surface area contributed by atoms with Gasteiger partial charge in [0.25, 0.3) is 11.8 Å². The molecule has 212 valence electrons. The molecular weight excluding hydrogens is 516 g/mol. The number of carbonyl (C=O) groups is 3. The van der Waals surface area contributed by atoms with E-state index in [0.29, 0.717) is 34.1 Å². The number of aryl methyl sites for hydroxylation is 2. The molecule has 1 aliphatic heterocycles. The number of benzene rings is 1. The molecule has 12 heteroatoms. The van der Waals surface area contributed by atoms with Gasteiger partial charge in [-0.2, -0.15) is 0 Å². The van der Waals surface area contributed by atoms with Crippen molar-refractivity contribution in [3.63, 3.8) is 0 Å². The van der Waals surface area contributed by atoms with Crippen molar-refractivity contribution < 1.29 is 28.8 Å². The van der Waals surface area contributed by atoms with E-state index in [1.807, 2.05) is 6.92 Å². The Bertz CT molecular complexity index is 1360. The first-order valence-electron chi connectivity index (χ1n) is 13.0. The Labute approximate surface area is 232 Å². The van der Waals surface area contributed by atoms with Crippen LogP contribution in [0.1, 0.15) is 46.0 Å². The zero-order chi connectivity index (χ0) is 29.0. The number of hydrogen-bond donors (Lipinski definition) is 3. The van der Waals surface area contributed by atoms with Crippen LogP contribution in [0.3, 0.4) is 0 Å². The number of aromatic nitrogens is 2. The molecule has 0 fully saturated rings. The van der Waals surface area contributed by atoms with Crippen molar-refractivity contribution in [3.8, 4) is 5.75 Å². The fraction of sp³-hybridized carbons (Fsp3) is 0.393. The number of nitrogens with zero attached hydrogens (tertiary/aromatic N) is 4. The standard InChI is InChI=1S/C28H34N6O6/c1-16-13-34(17(2)15-35)27(37)22-12-21(30-26(36)20-8-10-29-11-9-20)6-7-23(22)39-24(16)14-33(5)28(38)31-25-18(3)32-40-19(25)4/h6-12,16-17,24,35H,13-15H2,1-5H3,(H,30,36)(H,31,38)/t16-,17-,24+/m0/s1. The van der Waals surface area contributed by atoms with E-state index in [0.717, 1.165) is 0 Å². The van der Waals surface area contributed by atoms with E-state index in [9.17, 15) is 19.5 Å². The van der Waals surface area contributed by atoms with E-state index in [1.165, 1.54) is 17.3 Å². The van der Waals surface area contributed by atoms with Gasteiger partial charge >= 0.3 is 6.03 Å². The van der Waals surface area contributed by atoms with Crippen molar-refractivity contribution in [2.45, 2.75) is 39.8 Å². The van der Waals surface area contributed by atoms with E-state index in [2.05, 4.69) is 20.8 Å². The molecular formula is C28H34N6O6. The maximum absolute atomic E-state index is 13.6. The maximum Gasteiger partial charge on any atom is 0.321 e. The van der Waals surface area contributed by atoms with Crippen LogP contribution in [0.4, 0.5) is 16.2 Å². The molecule has 0 saturated carbocycles. The van der Waals surface area contributed by atoms with Crippen molar-refractivity contribution in [1.29, 1.82) is 0 Å². The Kier molecular flexibility index (Phi) is 8.68. The van der Waals surface area contributed by atoms with Gasteiger partial charge in [0.2, 0.25) is 0 Å². The third-order valence-corrected chi connectivity index (χ3v) is 6.93. The summed E-state index contributed by atoms with van der Waals surface area (Å²) in [6.07, 6.45) is 2.56. The summed E-state index contributed by atoms with van der Waals surface area (Å²) in [6, 6.07) is 7.21. The van der Waals surface area contributed by atoms with Gasteiger partial charge < -0.3 is 34.8 Å². The van der Waals surface area contributed by atoms with Crippen LogP contribution >= 0.6 is 0 Å². The molecule has 3 N–H and O–H groups in total. The van der Waals surface area contributed by atoms with Gasteiger partial charge in [-0.25, -0.2) is 4.79 Å². The molecule has 3 atom stereocenters. The lowest BCUT2D eigenvalue weighted by Crippen LogP contribution is -2.50. The van der Waals surface area contributed by atoms with Gasteiger partial charge in [-0.3, -0.25) is 14.6 Å². The summed E-state index contributed by atoms with van der Waals surface area (Å²) in [4.78, 5) is 46.3. The Hall–Kier alpha value is -4.45. The predicted molar refractivity (Wildman–Crippen MR) is 147 cm³/mol. The first-order valence-corrected chi connectivity index (χ1v) is 13.0. The van der Waals surface area contributed by atoms with Gasteiger partial charge in [-0.1, -0.05) is 12.1 Å². The van der Waals surface area contributed by atoms with E-state index < -0.39 is 12.1 Å². The van der Waals surface area contributed by atoms with Gasteiger partial charge in [-0.05, 0) is 51.1 Å². The number of aliphatic hydroxyl groups excluding tert-OH is 1. The van der Waals surface area contributed by atoms with Crippen LogP contribution in [-0.2, 0) is 0 Å². The average molecular weight is 551 g/mol. The fourth-order valence-electron chi connectivity index (χ4n) is 4.44. The number of ether oxygens (including phenoxy) is 1. The summed E-state index contributed by atoms with van der Waals surface area (Å²) in [5.41, 5.74) is 2.17. The Morgan fingerprint density at radius 3 is 2.58 bits per heavy atom. The lowest BCUT2D eigenvalue weighted by atomic mass is 9.99. The molecule has 40 heavy (non-hydrogen) atoms. The molecule has 0 spiro atoms. The summed E-state index contributed by atoms with van der Waals surface area (Å²) in [5.74, 6) is -0.0433. The second-order valence-electron chi connectivity index (χ2n) is 10.0. The van der Waals surface area contributed by atoms with Crippen molar-refractivity contribution >= 4 is 29.2 Å². The second-order valence-corrected chi connectivity index (χ2v) is 10.0. The molecule has 0 saturated heterocycles. The lowest BCUT2D eigenvalue weighted by Gasteiger charge is -2.38. The molecule has 2 aromatic heterocycles. The van der Waals surface area contributed by atoms with Gasteiger partial charge in [-0.15, -0.1) is 0 Å². The Morgan fingerprint density at radius 1 is 1.20 bits per heavy atom. The van der Waals surface area contributed by atoms with Crippen LogP contribution in [0.15, 0.2) is 47.2 Å². The number of aliphatic hydroxyl groups is 1. The number of anilines is 2. The lowest BCUT2D eigenvalue weighted by molar-refractivity contribution is 0.0371. The number of nitrogens with one attached hydrogen (secondary N) is 2. The largest absolute Gasteiger partial charge is 0.487 e. The highest BCUT2D eigenvalue weighted by atomic mass is 16.5. The van der Waals surface area contributed by atoms with E-state index in [-0.39, 0.29) is 49.0 Å². The van der Waals surface area contributed by atoms with Crippen LogP contribution in [0.2, 0.25) is 0 Å². The zero-order valence-corrected chi connectivity index (χ0v) is 23.2. The van der Waals surface area contributed by atoms with Crippen molar-refractivity contribution in [2.75, 3.05) is 37.4 Å². The van der Waals surface area contributed by atoms with Gasteiger partial charge in [0.05, 0.1) is 24.8 Å². The fourth-order valence-corrected chi connectivity index (χ4v) is 4.44. The van der Waals surface area contributed by atoms with E-state index in [4.69, 9.17) is 9.26 Å². The summed E-state index contributed by atoms with van der Waals surface area (Å²) in [6.45, 7) is 7.43. The number of rotatable bonds is 7. The summed E-state index contributed by atoms with van der Waals surface area (Å²) in [5, 5.41) is 19.4. The molecule has 12 nitrogen and oxygen atoms in total. The Balaban J connectivity index is 1.59. The minimum atomic E-state index is -0.488. The number of hydrogen-bond acceptors (Lipinski definition) is 8. The smallest absolute Gasteiger partial charge is 0.321 e. The normalized spacial score (nSPS) is 17.6. The molecule has 4 amide bonds. The van der Waals surface area contributed by atoms with E-state index >= 15 is 0 Å². The first kappa shape index (κ1) is 28.6. The number of urea groups is 1. The molecule has 0 aliphatic carbocycles. The second kappa shape index (κ2) is 12.2. The summed E-state index contributed by atoms with van der Waals surface area (Å²) >= 11 is 0. The molecule has 0 unspecified atom stereocenters. The predicted octanol–water partition coefficient (Wildman–Crippen LogP) is 3.32. The molecule has 4 rings (SSSR count). The molecule has 1 aliphatic rings. The number of fused-ring (bicyclic) bond motifs is 1. The first-order chi connectivity index (χ1) is 19.1. The highest BCUT2D eigenvalue weighted by Gasteiger charge is 2.34. The SMILES string of the molecule is Cc1noc(C)c1NC(=O)N(C)C[C@H]1Oc2ccc(NC(=O)c3ccncc3)cc2C(=O)N([C@@H](C)CO)C[C@@H]1C. The number of amides is 4. The summed E-state index contributed by atoms with van der Waals surface area (Å²) in [7, 11) is 1.65. The average Bonchev–Trinajstić information content (AvgIpc) is 3.27. The molecule has 3 aromatic rings. The van der Waals surface area contributed by atoms with Crippen molar-refractivity contribution in [1.82, 2.24) is 19.9 Å². The topological polar surface area (TPSA) is 150 Å². The molecule has 3 heterocycles. The highest BCUT2D eigenvalue weighted by Crippen LogP contribution is 2.31. The van der Waals surface area contributed by atoms with Crippen LogP contribution in [0.25, 0.3) is 0 Å². The van der Waals surface area contributed by atoms with Gasteiger partial charge in [0.1, 0.15) is 23.2 Å². The molecule has 0 radical (unpaired) electrons. The van der Waals surface area contributed by atoms with E-state index in [1.54, 1.807) is 63.1 Å². The minimum absolute atomic E-state index is 0.188. The van der Waals surface area contributed by atoms with Gasteiger partial charge in [0.15, 0.2) is 5.76 Å².